The van der Waals surface area contributed by atoms with Gasteiger partial charge in [0.15, 0.2) is 5.82 Å². The second kappa shape index (κ2) is 4.57. The largest absolute Gasteiger partial charge is 0.507 e. The summed E-state index contributed by atoms with van der Waals surface area (Å²) in [6.45, 7) is 1.96. The van der Waals surface area contributed by atoms with Crippen LogP contribution in [-0.2, 0) is 0 Å². The van der Waals surface area contributed by atoms with E-state index in [9.17, 15) is 5.11 Å². The summed E-state index contributed by atoms with van der Waals surface area (Å²) in [6.07, 6.45) is 4.80. The lowest BCUT2D eigenvalue weighted by Gasteiger charge is -2.16. The maximum Gasteiger partial charge on any atom is 0.167 e. The molecular weight excluding hydrogens is 240 g/mol. The highest BCUT2D eigenvalue weighted by atomic mass is 16.3. The quantitative estimate of drug-likeness (QED) is 0.812. The lowest BCUT2D eigenvalue weighted by Crippen LogP contribution is -2.08. The highest BCUT2D eigenvalue weighted by Crippen LogP contribution is 2.36. The van der Waals surface area contributed by atoms with E-state index in [0.717, 1.165) is 24.5 Å². The van der Waals surface area contributed by atoms with Gasteiger partial charge in [-0.25, -0.2) is 0 Å². The van der Waals surface area contributed by atoms with Crippen molar-refractivity contribution in [1.82, 2.24) is 14.8 Å². The minimum atomic E-state index is 0.159. The van der Waals surface area contributed by atoms with E-state index in [1.807, 2.05) is 6.92 Å². The molecular formula is C14H18N4O. The third kappa shape index (κ3) is 2.05. The van der Waals surface area contributed by atoms with Gasteiger partial charge < -0.3 is 15.4 Å². The Morgan fingerprint density at radius 3 is 2.68 bits per heavy atom. The molecule has 1 aliphatic carbocycles. The zero-order valence-corrected chi connectivity index (χ0v) is 11.0. The molecule has 1 aliphatic rings. The van der Waals surface area contributed by atoms with Gasteiger partial charge in [0.2, 0.25) is 0 Å². The third-order valence-electron chi connectivity index (χ3n) is 3.82. The zero-order valence-electron chi connectivity index (χ0n) is 11.0. The van der Waals surface area contributed by atoms with Crippen LogP contribution in [-0.4, -0.2) is 19.9 Å². The monoisotopic (exact) mass is 258 g/mol. The van der Waals surface area contributed by atoms with Gasteiger partial charge in [0, 0.05) is 17.8 Å². The fraction of sp³-hybridized carbons (Fsp3) is 0.429. The van der Waals surface area contributed by atoms with Crippen molar-refractivity contribution in [1.29, 1.82) is 0 Å². The van der Waals surface area contributed by atoms with Gasteiger partial charge in [0.05, 0.1) is 5.56 Å². The Balaban J connectivity index is 2.09. The normalized spacial score (nSPS) is 16.1. The first-order chi connectivity index (χ1) is 9.16. The summed E-state index contributed by atoms with van der Waals surface area (Å²) < 4.78 is 2.15. The molecule has 100 valence electrons. The highest BCUT2D eigenvalue weighted by molar-refractivity contribution is 5.67. The Morgan fingerprint density at radius 1 is 1.26 bits per heavy atom. The lowest BCUT2D eigenvalue weighted by molar-refractivity contribution is 0.473. The number of rotatable bonds is 2. The fourth-order valence-electron chi connectivity index (χ4n) is 2.89. The molecule has 1 aromatic heterocycles. The second-order valence-electron chi connectivity index (χ2n) is 5.16. The van der Waals surface area contributed by atoms with Crippen LogP contribution < -0.4 is 5.73 Å². The first-order valence-electron chi connectivity index (χ1n) is 6.67. The molecule has 0 saturated heterocycles. The van der Waals surface area contributed by atoms with Crippen molar-refractivity contribution in [2.24, 2.45) is 0 Å². The van der Waals surface area contributed by atoms with Crippen molar-refractivity contribution in [3.05, 3.63) is 24.0 Å². The summed E-state index contributed by atoms with van der Waals surface area (Å²) in [5.74, 6) is 1.80. The van der Waals surface area contributed by atoms with Crippen molar-refractivity contribution < 1.29 is 5.11 Å². The van der Waals surface area contributed by atoms with E-state index in [2.05, 4.69) is 14.8 Å². The van der Waals surface area contributed by atoms with E-state index >= 15 is 0 Å². The number of nitrogens with two attached hydrogens (primary N) is 1. The molecule has 2 aromatic rings. The predicted molar refractivity (Wildman–Crippen MR) is 73.8 cm³/mol. The Hall–Kier alpha value is -2.04. The van der Waals surface area contributed by atoms with Gasteiger partial charge in [-0.05, 0) is 31.9 Å². The van der Waals surface area contributed by atoms with E-state index in [1.54, 1.807) is 18.2 Å². The van der Waals surface area contributed by atoms with Gasteiger partial charge in [-0.3, -0.25) is 0 Å². The van der Waals surface area contributed by atoms with Crippen LogP contribution in [0.5, 0.6) is 5.75 Å². The van der Waals surface area contributed by atoms with Gasteiger partial charge in [-0.15, -0.1) is 10.2 Å². The first kappa shape index (κ1) is 12.0. The summed E-state index contributed by atoms with van der Waals surface area (Å²) in [7, 11) is 0. The SMILES string of the molecule is Cc1nnc(-c2ccc(N)cc2O)n1C1CCCC1. The molecule has 19 heavy (non-hydrogen) atoms. The van der Waals surface area contributed by atoms with E-state index in [1.165, 1.54) is 12.8 Å². The molecule has 1 fully saturated rings. The van der Waals surface area contributed by atoms with Crippen LogP contribution in [0.3, 0.4) is 0 Å². The number of hydrogen-bond donors (Lipinski definition) is 2. The highest BCUT2D eigenvalue weighted by Gasteiger charge is 2.24. The van der Waals surface area contributed by atoms with Crippen LogP contribution in [0.1, 0.15) is 37.5 Å². The van der Waals surface area contributed by atoms with Gasteiger partial charge in [-0.2, -0.15) is 0 Å². The molecule has 0 amide bonds. The number of anilines is 1. The van der Waals surface area contributed by atoms with E-state index < -0.39 is 0 Å². The second-order valence-corrected chi connectivity index (χ2v) is 5.16. The Bertz CT molecular complexity index is 599. The number of nitrogen functional groups attached to an aromatic ring is 1. The van der Waals surface area contributed by atoms with Crippen LogP contribution in [0.4, 0.5) is 5.69 Å². The topological polar surface area (TPSA) is 77.0 Å². The molecule has 0 radical (unpaired) electrons. The maximum atomic E-state index is 10.1. The van der Waals surface area contributed by atoms with Gasteiger partial charge in [0.1, 0.15) is 11.6 Å². The summed E-state index contributed by atoms with van der Waals surface area (Å²) in [5, 5.41) is 18.5. The molecule has 1 aromatic carbocycles. The van der Waals surface area contributed by atoms with Crippen LogP contribution in [0.25, 0.3) is 11.4 Å². The Morgan fingerprint density at radius 2 is 2.00 bits per heavy atom. The van der Waals surface area contributed by atoms with Crippen molar-refractivity contribution >= 4 is 5.69 Å². The smallest absolute Gasteiger partial charge is 0.167 e. The van der Waals surface area contributed by atoms with Crippen LogP contribution in [0.2, 0.25) is 0 Å². The van der Waals surface area contributed by atoms with Crippen molar-refractivity contribution in [2.75, 3.05) is 5.73 Å². The van der Waals surface area contributed by atoms with E-state index in [0.29, 0.717) is 17.3 Å². The van der Waals surface area contributed by atoms with Crippen molar-refractivity contribution in [2.45, 2.75) is 38.6 Å². The molecule has 1 heterocycles. The average Bonchev–Trinajstić information content (AvgIpc) is 2.98. The Labute approximate surface area is 112 Å². The van der Waals surface area contributed by atoms with Crippen LogP contribution in [0.15, 0.2) is 18.2 Å². The standard InChI is InChI=1S/C14H18N4O/c1-9-16-17-14(18(9)11-4-2-3-5-11)12-7-6-10(15)8-13(12)19/h6-8,11,19H,2-5,15H2,1H3. The first-order valence-corrected chi connectivity index (χ1v) is 6.67. The van der Waals surface area contributed by atoms with Crippen molar-refractivity contribution in [3.63, 3.8) is 0 Å². The molecule has 0 bridgehead atoms. The molecule has 3 N–H and O–H groups in total. The predicted octanol–water partition coefficient (Wildman–Crippen LogP) is 2.66. The number of aromatic nitrogens is 3. The molecule has 0 aliphatic heterocycles. The van der Waals surface area contributed by atoms with E-state index in [-0.39, 0.29) is 5.75 Å². The third-order valence-corrected chi connectivity index (χ3v) is 3.82. The molecule has 0 atom stereocenters. The summed E-state index contributed by atoms with van der Waals surface area (Å²) in [5.41, 5.74) is 6.91. The number of nitrogens with zero attached hydrogens (tertiary/aromatic N) is 3. The zero-order chi connectivity index (χ0) is 13.4. The number of phenols is 1. The van der Waals surface area contributed by atoms with E-state index in [4.69, 9.17) is 5.73 Å². The van der Waals surface area contributed by atoms with Crippen LogP contribution in [0, 0.1) is 6.92 Å². The van der Waals surface area contributed by atoms with Crippen LogP contribution >= 0.6 is 0 Å². The summed E-state index contributed by atoms with van der Waals surface area (Å²) >= 11 is 0. The van der Waals surface area contributed by atoms with Gasteiger partial charge >= 0.3 is 0 Å². The minimum absolute atomic E-state index is 0.159. The molecule has 0 unspecified atom stereocenters. The van der Waals surface area contributed by atoms with Gasteiger partial charge in [-0.1, -0.05) is 12.8 Å². The van der Waals surface area contributed by atoms with Gasteiger partial charge in [0.25, 0.3) is 0 Å². The maximum absolute atomic E-state index is 10.1. The number of benzene rings is 1. The minimum Gasteiger partial charge on any atom is -0.507 e. The molecule has 0 spiro atoms. The Kier molecular flexibility index (Phi) is 2.89. The molecule has 1 saturated carbocycles. The fourth-order valence-corrected chi connectivity index (χ4v) is 2.89. The molecule has 3 rings (SSSR count). The number of aromatic hydroxyl groups is 1. The lowest BCUT2D eigenvalue weighted by atomic mass is 10.1. The average molecular weight is 258 g/mol. The summed E-state index contributed by atoms with van der Waals surface area (Å²) in [6, 6.07) is 5.58. The molecule has 5 heteroatoms. The number of phenolic OH excluding ortho intramolecular Hbond substituents is 1. The van der Waals surface area contributed by atoms with Crippen molar-refractivity contribution in [3.8, 4) is 17.1 Å². The number of hydrogen-bond acceptors (Lipinski definition) is 4. The molecule has 5 nitrogen and oxygen atoms in total. The number of aryl methyl sites for hydroxylation is 1. The summed E-state index contributed by atoms with van der Waals surface area (Å²) in [4.78, 5) is 0.